The van der Waals surface area contributed by atoms with Crippen LogP contribution in [0.4, 0.5) is 0 Å². The lowest BCUT2D eigenvalue weighted by Gasteiger charge is -2.05. The molecular weight excluding hydrogens is 170 g/mol. The van der Waals surface area contributed by atoms with Gasteiger partial charge in [-0.2, -0.15) is 5.26 Å². The summed E-state index contributed by atoms with van der Waals surface area (Å²) < 4.78 is 0. The molecule has 0 unspecified atom stereocenters. The Bertz CT molecular complexity index is 263. The third-order valence-corrected chi connectivity index (χ3v) is 2.14. The Morgan fingerprint density at radius 3 is 2.36 bits per heavy atom. The minimum absolute atomic E-state index is 0.656. The van der Waals surface area contributed by atoms with Crippen LogP contribution in [0.2, 0.25) is 0 Å². The third kappa shape index (κ3) is 4.67. The Morgan fingerprint density at radius 2 is 2.00 bits per heavy atom. The zero-order valence-electron chi connectivity index (χ0n) is 9.21. The van der Waals surface area contributed by atoms with Crippen LogP contribution in [-0.2, 0) is 0 Å². The Labute approximate surface area is 87.4 Å². The highest BCUT2D eigenvalue weighted by Gasteiger charge is 2.00. The minimum Gasteiger partial charge on any atom is -0.192 e. The highest BCUT2D eigenvalue weighted by molar-refractivity contribution is 5.41. The summed E-state index contributed by atoms with van der Waals surface area (Å²) in [5.74, 6) is 0.718. The van der Waals surface area contributed by atoms with Crippen molar-refractivity contribution >= 4 is 0 Å². The van der Waals surface area contributed by atoms with Gasteiger partial charge < -0.3 is 0 Å². The quantitative estimate of drug-likeness (QED) is 0.457. The van der Waals surface area contributed by atoms with Gasteiger partial charge in [0.25, 0.3) is 0 Å². The Balaban J connectivity index is 4.30. The number of nitrogens with zero attached hydrogens (tertiary/aromatic N) is 1. The lowest BCUT2D eigenvalue weighted by atomic mass is 9.99. The van der Waals surface area contributed by atoms with Crippen molar-refractivity contribution in [2.45, 2.75) is 33.1 Å². The van der Waals surface area contributed by atoms with Crippen molar-refractivity contribution in [1.82, 2.24) is 0 Å². The molecule has 76 valence electrons. The maximum absolute atomic E-state index is 8.81. The molecular formula is C13H19N. The molecule has 1 heteroatoms. The fourth-order valence-corrected chi connectivity index (χ4v) is 1.30. The van der Waals surface area contributed by atoms with Crippen LogP contribution in [0.3, 0.4) is 0 Å². The monoisotopic (exact) mass is 189 g/mol. The molecule has 0 rings (SSSR count). The van der Waals surface area contributed by atoms with E-state index >= 15 is 0 Å². The molecule has 0 aliphatic carbocycles. The van der Waals surface area contributed by atoms with Crippen LogP contribution in [0, 0.1) is 17.2 Å². The second-order valence-electron chi connectivity index (χ2n) is 3.75. The van der Waals surface area contributed by atoms with Gasteiger partial charge in [-0.3, -0.25) is 0 Å². The van der Waals surface area contributed by atoms with Gasteiger partial charge in [0, 0.05) is 0 Å². The van der Waals surface area contributed by atoms with E-state index in [-0.39, 0.29) is 0 Å². The van der Waals surface area contributed by atoms with Gasteiger partial charge in [0.1, 0.15) is 0 Å². The van der Waals surface area contributed by atoms with Gasteiger partial charge in [-0.1, -0.05) is 45.6 Å². The van der Waals surface area contributed by atoms with Gasteiger partial charge in [0.15, 0.2) is 0 Å². The number of hydrogen-bond donors (Lipinski definition) is 0. The first kappa shape index (κ1) is 12.7. The topological polar surface area (TPSA) is 23.8 Å². The molecule has 0 amide bonds. The summed E-state index contributed by atoms with van der Waals surface area (Å²) in [5, 5.41) is 8.81. The average Bonchev–Trinajstić information content (AvgIpc) is 2.16. The smallest absolute Gasteiger partial charge is 0.0994 e. The molecule has 0 aliphatic rings. The highest BCUT2D eigenvalue weighted by atomic mass is 14.2. The normalized spacial score (nSPS) is 11.9. The second kappa shape index (κ2) is 7.15. The van der Waals surface area contributed by atoms with Gasteiger partial charge in [-0.15, -0.1) is 0 Å². The molecule has 0 fully saturated rings. The fraction of sp³-hybridized carbons (Fsp3) is 0.462. The molecule has 0 heterocycles. The number of nitriles is 1. The van der Waals surface area contributed by atoms with Crippen molar-refractivity contribution in [2.75, 3.05) is 0 Å². The average molecular weight is 189 g/mol. The molecule has 14 heavy (non-hydrogen) atoms. The van der Waals surface area contributed by atoms with Crippen LogP contribution in [0.5, 0.6) is 0 Å². The first-order valence-electron chi connectivity index (χ1n) is 5.03. The van der Waals surface area contributed by atoms with E-state index in [0.717, 1.165) is 24.3 Å². The van der Waals surface area contributed by atoms with Crippen LogP contribution in [-0.4, -0.2) is 0 Å². The number of allylic oxidation sites excluding steroid dienone is 4. The van der Waals surface area contributed by atoms with Gasteiger partial charge in [-0.25, -0.2) is 0 Å². The van der Waals surface area contributed by atoms with Crippen molar-refractivity contribution in [3.63, 3.8) is 0 Å². The van der Waals surface area contributed by atoms with Crippen LogP contribution in [0.1, 0.15) is 33.1 Å². The lowest BCUT2D eigenvalue weighted by molar-refractivity contribution is 0.556. The van der Waals surface area contributed by atoms with E-state index in [1.165, 1.54) is 6.42 Å². The fourth-order valence-electron chi connectivity index (χ4n) is 1.30. The summed E-state index contributed by atoms with van der Waals surface area (Å²) in [6.07, 6.45) is 6.59. The minimum atomic E-state index is 0.656. The summed E-state index contributed by atoms with van der Waals surface area (Å²) in [6, 6.07) is 2.13. The van der Waals surface area contributed by atoms with E-state index in [1.54, 1.807) is 12.2 Å². The molecule has 0 aromatic heterocycles. The van der Waals surface area contributed by atoms with E-state index in [0.29, 0.717) is 5.57 Å². The maximum Gasteiger partial charge on any atom is 0.0994 e. The summed E-state index contributed by atoms with van der Waals surface area (Å²) in [4.78, 5) is 0. The number of rotatable bonds is 6. The zero-order chi connectivity index (χ0) is 11.0. The van der Waals surface area contributed by atoms with Gasteiger partial charge in [0.05, 0.1) is 11.6 Å². The first-order valence-corrected chi connectivity index (χ1v) is 5.03. The van der Waals surface area contributed by atoms with Crippen LogP contribution in [0.15, 0.2) is 36.5 Å². The molecule has 0 saturated carbocycles. The molecule has 0 bridgehead atoms. The van der Waals surface area contributed by atoms with Crippen molar-refractivity contribution in [3.8, 4) is 6.07 Å². The Hall–Kier alpha value is -1.29. The van der Waals surface area contributed by atoms with Crippen LogP contribution in [0.25, 0.3) is 0 Å². The standard InChI is InChI=1S/C13H19N/c1-5-12(13(6-2)10-14)9-7-8-11(3)4/h5-6,11H,1-2,7-9H2,3-4H3/b13-12-. The Kier molecular flexibility index (Phi) is 6.49. The van der Waals surface area contributed by atoms with Crippen molar-refractivity contribution in [2.24, 2.45) is 5.92 Å². The van der Waals surface area contributed by atoms with E-state index in [9.17, 15) is 0 Å². The molecule has 1 nitrogen and oxygen atoms in total. The molecule has 0 N–H and O–H groups in total. The van der Waals surface area contributed by atoms with Gasteiger partial charge in [0.2, 0.25) is 0 Å². The summed E-state index contributed by atoms with van der Waals surface area (Å²) in [5.41, 5.74) is 1.67. The molecule has 0 aromatic rings. The molecule has 0 radical (unpaired) electrons. The van der Waals surface area contributed by atoms with E-state index in [1.807, 2.05) is 0 Å². The molecule has 0 spiro atoms. The molecule has 0 aliphatic heterocycles. The molecule has 0 aromatic carbocycles. The predicted octanol–water partition coefficient (Wildman–Crippen LogP) is 4.00. The summed E-state index contributed by atoms with van der Waals surface area (Å²) in [6.45, 7) is 11.7. The largest absolute Gasteiger partial charge is 0.192 e. The van der Waals surface area contributed by atoms with E-state index < -0.39 is 0 Å². The third-order valence-electron chi connectivity index (χ3n) is 2.14. The first-order chi connectivity index (χ1) is 6.65. The van der Waals surface area contributed by atoms with Crippen molar-refractivity contribution in [3.05, 3.63) is 36.5 Å². The summed E-state index contributed by atoms with van der Waals surface area (Å²) >= 11 is 0. The van der Waals surface area contributed by atoms with Crippen LogP contribution < -0.4 is 0 Å². The zero-order valence-corrected chi connectivity index (χ0v) is 9.21. The second-order valence-corrected chi connectivity index (χ2v) is 3.75. The van der Waals surface area contributed by atoms with E-state index in [4.69, 9.17) is 5.26 Å². The van der Waals surface area contributed by atoms with E-state index in [2.05, 4.69) is 33.1 Å². The predicted molar refractivity (Wildman–Crippen MR) is 61.7 cm³/mol. The van der Waals surface area contributed by atoms with Gasteiger partial charge >= 0.3 is 0 Å². The maximum atomic E-state index is 8.81. The Morgan fingerprint density at radius 1 is 1.36 bits per heavy atom. The lowest BCUT2D eigenvalue weighted by Crippen LogP contribution is -1.90. The van der Waals surface area contributed by atoms with Gasteiger partial charge in [-0.05, 0) is 24.3 Å². The van der Waals surface area contributed by atoms with Crippen molar-refractivity contribution < 1.29 is 0 Å². The number of hydrogen-bond acceptors (Lipinski definition) is 1. The molecule has 0 atom stereocenters. The van der Waals surface area contributed by atoms with Crippen molar-refractivity contribution in [1.29, 1.82) is 5.26 Å². The van der Waals surface area contributed by atoms with Crippen LogP contribution >= 0.6 is 0 Å². The molecule has 0 saturated heterocycles. The SMILES string of the molecule is C=C/C(C#N)=C(\C=C)CCCC(C)C. The highest BCUT2D eigenvalue weighted by Crippen LogP contribution is 2.16. The summed E-state index contributed by atoms with van der Waals surface area (Å²) in [7, 11) is 0.